The van der Waals surface area contributed by atoms with Crippen molar-refractivity contribution in [3.8, 4) is 0 Å². The van der Waals surface area contributed by atoms with E-state index in [2.05, 4.69) is 12.0 Å². The van der Waals surface area contributed by atoms with Crippen LogP contribution in [0.1, 0.15) is 37.9 Å². The fourth-order valence-corrected chi connectivity index (χ4v) is 2.10. The summed E-state index contributed by atoms with van der Waals surface area (Å²) in [5.41, 5.74) is 7.29. The van der Waals surface area contributed by atoms with Gasteiger partial charge < -0.3 is 10.5 Å². The van der Waals surface area contributed by atoms with Crippen LogP contribution in [-0.2, 0) is 11.3 Å². The van der Waals surface area contributed by atoms with Crippen LogP contribution in [0.2, 0.25) is 0 Å². The van der Waals surface area contributed by atoms with E-state index in [0.29, 0.717) is 0 Å². The van der Waals surface area contributed by atoms with E-state index in [-0.39, 0.29) is 12.1 Å². The third-order valence-electron chi connectivity index (χ3n) is 2.89. The molecule has 15 heavy (non-hydrogen) atoms. The van der Waals surface area contributed by atoms with Crippen molar-refractivity contribution in [2.75, 3.05) is 6.61 Å². The summed E-state index contributed by atoms with van der Waals surface area (Å²) in [5, 5.41) is 4.28. The van der Waals surface area contributed by atoms with Crippen molar-refractivity contribution in [3.05, 3.63) is 18.0 Å². The zero-order valence-corrected chi connectivity index (χ0v) is 9.22. The summed E-state index contributed by atoms with van der Waals surface area (Å²) < 4.78 is 7.60. The molecule has 2 unspecified atom stereocenters. The molecule has 1 aromatic rings. The van der Waals surface area contributed by atoms with Gasteiger partial charge >= 0.3 is 0 Å². The predicted octanol–water partition coefficient (Wildman–Crippen LogP) is 1.47. The van der Waals surface area contributed by atoms with Crippen LogP contribution >= 0.6 is 0 Å². The average Bonchev–Trinajstić information content (AvgIpc) is 2.87. The van der Waals surface area contributed by atoms with Gasteiger partial charge in [0.25, 0.3) is 0 Å². The maximum atomic E-state index is 6.19. The van der Waals surface area contributed by atoms with Gasteiger partial charge in [0.2, 0.25) is 0 Å². The lowest BCUT2D eigenvalue weighted by molar-refractivity contribution is 0.0875. The third kappa shape index (κ3) is 2.21. The molecule has 0 spiro atoms. The topological polar surface area (TPSA) is 53.1 Å². The van der Waals surface area contributed by atoms with Gasteiger partial charge in [-0.3, -0.25) is 4.68 Å². The molecule has 2 N–H and O–H groups in total. The summed E-state index contributed by atoms with van der Waals surface area (Å²) >= 11 is 0. The van der Waals surface area contributed by atoms with E-state index in [1.165, 1.54) is 0 Å². The van der Waals surface area contributed by atoms with Gasteiger partial charge in [-0.15, -0.1) is 0 Å². The van der Waals surface area contributed by atoms with Crippen molar-refractivity contribution in [3.63, 3.8) is 0 Å². The minimum Gasteiger partial charge on any atom is -0.376 e. The van der Waals surface area contributed by atoms with Crippen molar-refractivity contribution in [2.45, 2.75) is 44.9 Å². The largest absolute Gasteiger partial charge is 0.376 e. The van der Waals surface area contributed by atoms with Gasteiger partial charge in [0, 0.05) is 19.3 Å². The standard InChI is InChI=1S/C11H19N3O/c1-2-7-14-9(5-6-13-14)11(12)10-4-3-8-15-10/h5-6,10-11H,2-4,7-8,12H2,1H3. The molecule has 84 valence electrons. The molecule has 2 atom stereocenters. The maximum absolute atomic E-state index is 6.19. The predicted molar refractivity (Wildman–Crippen MR) is 58.4 cm³/mol. The van der Waals surface area contributed by atoms with Crippen LogP contribution in [0.5, 0.6) is 0 Å². The van der Waals surface area contributed by atoms with Crippen molar-refractivity contribution < 1.29 is 4.74 Å². The van der Waals surface area contributed by atoms with E-state index in [1.54, 1.807) is 0 Å². The van der Waals surface area contributed by atoms with E-state index >= 15 is 0 Å². The van der Waals surface area contributed by atoms with E-state index < -0.39 is 0 Å². The van der Waals surface area contributed by atoms with Gasteiger partial charge in [0.15, 0.2) is 0 Å². The summed E-state index contributed by atoms with van der Waals surface area (Å²) in [4.78, 5) is 0. The zero-order valence-electron chi connectivity index (χ0n) is 9.22. The minimum absolute atomic E-state index is 0.0263. The Morgan fingerprint density at radius 3 is 3.27 bits per heavy atom. The summed E-state index contributed by atoms with van der Waals surface area (Å²) in [5.74, 6) is 0. The molecular formula is C11H19N3O. The van der Waals surface area contributed by atoms with E-state index in [0.717, 1.165) is 38.1 Å². The van der Waals surface area contributed by atoms with Crippen molar-refractivity contribution in [1.29, 1.82) is 0 Å². The lowest BCUT2D eigenvalue weighted by Crippen LogP contribution is -2.28. The highest BCUT2D eigenvalue weighted by Gasteiger charge is 2.26. The number of nitrogens with zero attached hydrogens (tertiary/aromatic N) is 2. The first-order valence-corrected chi connectivity index (χ1v) is 5.72. The Kier molecular flexibility index (Phi) is 3.38. The van der Waals surface area contributed by atoms with Crippen molar-refractivity contribution in [2.24, 2.45) is 5.73 Å². The van der Waals surface area contributed by atoms with Gasteiger partial charge in [-0.1, -0.05) is 6.92 Å². The van der Waals surface area contributed by atoms with Crippen LogP contribution in [0.25, 0.3) is 0 Å². The molecule has 1 fully saturated rings. The number of ether oxygens (including phenoxy) is 1. The number of hydrogen-bond acceptors (Lipinski definition) is 3. The van der Waals surface area contributed by atoms with E-state index in [4.69, 9.17) is 10.5 Å². The number of hydrogen-bond donors (Lipinski definition) is 1. The molecule has 1 aliphatic rings. The Bertz CT molecular complexity index is 305. The van der Waals surface area contributed by atoms with Crippen LogP contribution in [-0.4, -0.2) is 22.5 Å². The van der Waals surface area contributed by atoms with Crippen LogP contribution in [0.4, 0.5) is 0 Å². The first kappa shape index (κ1) is 10.6. The SMILES string of the molecule is CCCn1nccc1C(N)C1CCCO1. The molecular weight excluding hydrogens is 190 g/mol. The summed E-state index contributed by atoms with van der Waals surface area (Å²) in [6.45, 7) is 3.92. The van der Waals surface area contributed by atoms with Gasteiger partial charge in [0.05, 0.1) is 17.8 Å². The Hall–Kier alpha value is -0.870. The zero-order chi connectivity index (χ0) is 10.7. The smallest absolute Gasteiger partial charge is 0.0783 e. The Morgan fingerprint density at radius 1 is 1.73 bits per heavy atom. The number of nitrogens with two attached hydrogens (primary N) is 1. The number of aryl methyl sites for hydroxylation is 1. The molecule has 2 heterocycles. The van der Waals surface area contributed by atoms with Gasteiger partial charge in [-0.2, -0.15) is 5.10 Å². The summed E-state index contributed by atoms with van der Waals surface area (Å²) in [6, 6.07) is 1.98. The second-order valence-electron chi connectivity index (χ2n) is 4.06. The lowest BCUT2D eigenvalue weighted by atomic mass is 10.1. The van der Waals surface area contributed by atoms with Crippen LogP contribution in [0, 0.1) is 0 Å². The highest BCUT2D eigenvalue weighted by molar-refractivity contribution is 5.09. The molecule has 4 heteroatoms. The average molecular weight is 209 g/mol. The quantitative estimate of drug-likeness (QED) is 0.817. The fourth-order valence-electron chi connectivity index (χ4n) is 2.10. The minimum atomic E-state index is -0.0263. The highest BCUT2D eigenvalue weighted by atomic mass is 16.5. The van der Waals surface area contributed by atoms with Crippen LogP contribution in [0.15, 0.2) is 12.3 Å². The maximum Gasteiger partial charge on any atom is 0.0783 e. The Labute approximate surface area is 90.4 Å². The van der Waals surface area contributed by atoms with E-state index in [1.807, 2.05) is 16.9 Å². The first-order valence-electron chi connectivity index (χ1n) is 5.72. The molecule has 1 aromatic heterocycles. The van der Waals surface area contributed by atoms with E-state index in [9.17, 15) is 0 Å². The molecule has 2 rings (SSSR count). The second-order valence-corrected chi connectivity index (χ2v) is 4.06. The molecule has 0 bridgehead atoms. The molecule has 0 saturated carbocycles. The molecule has 1 saturated heterocycles. The van der Waals surface area contributed by atoms with Gasteiger partial charge in [-0.05, 0) is 25.3 Å². The number of aromatic nitrogens is 2. The summed E-state index contributed by atoms with van der Waals surface area (Å²) in [7, 11) is 0. The highest BCUT2D eigenvalue weighted by Crippen LogP contribution is 2.24. The molecule has 0 amide bonds. The monoisotopic (exact) mass is 209 g/mol. The summed E-state index contributed by atoms with van der Waals surface area (Å²) in [6.07, 6.45) is 5.27. The number of rotatable bonds is 4. The second kappa shape index (κ2) is 4.77. The first-order chi connectivity index (χ1) is 7.33. The molecule has 0 radical (unpaired) electrons. The van der Waals surface area contributed by atoms with Gasteiger partial charge in [0.1, 0.15) is 0 Å². The Balaban J connectivity index is 2.09. The fraction of sp³-hybridized carbons (Fsp3) is 0.727. The van der Waals surface area contributed by atoms with Crippen molar-refractivity contribution in [1.82, 2.24) is 9.78 Å². The van der Waals surface area contributed by atoms with Crippen LogP contribution in [0.3, 0.4) is 0 Å². The molecule has 1 aliphatic heterocycles. The van der Waals surface area contributed by atoms with Gasteiger partial charge in [-0.25, -0.2) is 0 Å². The van der Waals surface area contributed by atoms with Crippen molar-refractivity contribution >= 4 is 0 Å². The van der Waals surface area contributed by atoms with Crippen LogP contribution < -0.4 is 5.73 Å². The molecule has 0 aromatic carbocycles. The molecule has 4 nitrogen and oxygen atoms in total. The third-order valence-corrected chi connectivity index (χ3v) is 2.89. The normalized spacial score (nSPS) is 23.2. The molecule has 0 aliphatic carbocycles. The lowest BCUT2D eigenvalue weighted by Gasteiger charge is -2.19. The Morgan fingerprint density at radius 2 is 2.60 bits per heavy atom.